The maximum absolute atomic E-state index is 13.3. The van der Waals surface area contributed by atoms with Gasteiger partial charge in [0.05, 0.1) is 17.3 Å². The Balaban J connectivity index is 1.23. The molecule has 6 rings (SSSR count). The number of piperidine rings is 1. The third kappa shape index (κ3) is 4.78. The van der Waals surface area contributed by atoms with E-state index in [0.717, 1.165) is 40.7 Å². The zero-order chi connectivity index (χ0) is 27.7. The lowest BCUT2D eigenvalue weighted by atomic mass is 9.84. The number of nitrogens with one attached hydrogen (secondary N) is 3. The van der Waals surface area contributed by atoms with E-state index >= 15 is 0 Å². The molecule has 204 valence electrons. The topological polar surface area (TPSA) is 123 Å². The van der Waals surface area contributed by atoms with Crippen molar-refractivity contribution in [3.63, 3.8) is 0 Å². The van der Waals surface area contributed by atoms with E-state index in [1.165, 1.54) is 11.1 Å². The zero-order valence-corrected chi connectivity index (χ0v) is 22.7. The minimum atomic E-state index is -0.914. The van der Waals surface area contributed by atoms with E-state index in [1.54, 1.807) is 11.1 Å². The predicted molar refractivity (Wildman–Crippen MR) is 155 cm³/mol. The van der Waals surface area contributed by atoms with Crippen molar-refractivity contribution in [1.82, 2.24) is 35.4 Å². The number of pyridine rings is 1. The molecule has 1 saturated heterocycles. The van der Waals surface area contributed by atoms with Gasteiger partial charge in [-0.15, -0.1) is 0 Å². The summed E-state index contributed by atoms with van der Waals surface area (Å²) in [6.07, 6.45) is 6.35. The highest BCUT2D eigenvalue weighted by atomic mass is 16.3. The molecular weight excluding hydrogens is 502 g/mol. The van der Waals surface area contributed by atoms with Gasteiger partial charge in [-0.3, -0.25) is 14.9 Å². The summed E-state index contributed by atoms with van der Waals surface area (Å²) in [6.45, 7) is 6.81. The number of rotatable bonds is 7. The van der Waals surface area contributed by atoms with E-state index < -0.39 is 5.60 Å². The van der Waals surface area contributed by atoms with Crippen LogP contribution in [-0.4, -0.2) is 60.7 Å². The highest BCUT2D eigenvalue weighted by molar-refractivity contribution is 5.96. The van der Waals surface area contributed by atoms with Gasteiger partial charge in [-0.05, 0) is 60.7 Å². The highest BCUT2D eigenvalue weighted by Crippen LogP contribution is 2.34. The van der Waals surface area contributed by atoms with Crippen LogP contribution >= 0.6 is 0 Å². The number of H-pyrrole nitrogens is 2. The second-order valence-electron chi connectivity index (χ2n) is 10.4. The highest BCUT2D eigenvalue weighted by Gasteiger charge is 2.36. The van der Waals surface area contributed by atoms with Crippen molar-refractivity contribution in [1.29, 1.82) is 0 Å². The van der Waals surface area contributed by atoms with E-state index in [2.05, 4.69) is 56.4 Å². The number of hydrogen-bond acceptors (Lipinski definition) is 6. The molecule has 4 N–H and O–H groups in total. The fourth-order valence-electron chi connectivity index (χ4n) is 5.50. The largest absolute Gasteiger partial charge is 0.385 e. The Bertz CT molecular complexity index is 1650. The van der Waals surface area contributed by atoms with Crippen molar-refractivity contribution in [2.24, 2.45) is 0 Å². The van der Waals surface area contributed by atoms with Gasteiger partial charge in [0.25, 0.3) is 5.91 Å². The summed E-state index contributed by atoms with van der Waals surface area (Å²) >= 11 is 0. The van der Waals surface area contributed by atoms with E-state index in [1.807, 2.05) is 48.8 Å². The molecule has 0 radical (unpaired) electrons. The maximum atomic E-state index is 13.3. The molecule has 0 spiro atoms. The number of carbonyl (C=O) groups is 1. The molecule has 40 heavy (non-hydrogen) atoms. The fraction of sp³-hybridized carbons (Fsp3) is 0.290. The van der Waals surface area contributed by atoms with Gasteiger partial charge < -0.3 is 20.3 Å². The van der Waals surface area contributed by atoms with Gasteiger partial charge in [0.2, 0.25) is 0 Å². The Labute approximate surface area is 232 Å². The molecule has 1 amide bonds. The van der Waals surface area contributed by atoms with Crippen LogP contribution in [0.3, 0.4) is 0 Å². The first kappa shape index (κ1) is 25.9. The van der Waals surface area contributed by atoms with Crippen LogP contribution in [-0.2, 0) is 12.1 Å². The number of benzene rings is 2. The van der Waals surface area contributed by atoms with Gasteiger partial charge in [0.1, 0.15) is 11.4 Å². The van der Waals surface area contributed by atoms with Crippen LogP contribution in [0.5, 0.6) is 0 Å². The Morgan fingerprint density at radius 3 is 2.67 bits per heavy atom. The number of aromatic nitrogens is 5. The summed E-state index contributed by atoms with van der Waals surface area (Å²) in [4.78, 5) is 27.3. The lowest BCUT2D eigenvalue weighted by Crippen LogP contribution is -2.45. The van der Waals surface area contributed by atoms with Gasteiger partial charge in [-0.25, -0.2) is 4.98 Å². The van der Waals surface area contributed by atoms with Crippen molar-refractivity contribution in [3.8, 4) is 22.6 Å². The summed E-state index contributed by atoms with van der Waals surface area (Å²) in [5, 5.41) is 23.0. The number of fused-ring (bicyclic) bond motifs is 1. The number of likely N-dealkylation sites (tertiary alicyclic amines) is 1. The molecule has 0 atom stereocenters. The molecule has 9 heteroatoms. The molecule has 1 aliphatic heterocycles. The minimum absolute atomic E-state index is 0.131. The zero-order valence-electron chi connectivity index (χ0n) is 22.7. The van der Waals surface area contributed by atoms with Crippen LogP contribution in [0.25, 0.3) is 33.5 Å². The van der Waals surface area contributed by atoms with Crippen molar-refractivity contribution in [2.75, 3.05) is 19.6 Å². The second kappa shape index (κ2) is 10.7. The lowest BCUT2D eigenvalue weighted by molar-refractivity contribution is -0.0212. The average molecular weight is 536 g/mol. The van der Waals surface area contributed by atoms with Crippen LogP contribution < -0.4 is 5.32 Å². The Kier molecular flexibility index (Phi) is 6.91. The number of hydrogen-bond donors (Lipinski definition) is 4. The summed E-state index contributed by atoms with van der Waals surface area (Å²) in [6, 6.07) is 15.8. The molecule has 3 aromatic heterocycles. The van der Waals surface area contributed by atoms with Crippen LogP contribution in [0.2, 0.25) is 0 Å². The number of carbonyl (C=O) groups excluding carboxylic acids is 1. The lowest BCUT2D eigenvalue weighted by Gasteiger charge is -2.38. The molecule has 0 aliphatic carbocycles. The van der Waals surface area contributed by atoms with Crippen molar-refractivity contribution in [2.45, 2.75) is 38.8 Å². The first-order chi connectivity index (χ1) is 19.5. The standard InChI is InChI=1S/C31H33N7O2/c1-3-32-16-22-17-33-18-25(20(22)2)21-9-10-26-24(15-21)28(37-36-26)29-34-19-27(35-29)30(39)38-13-11-31(40,12-14-38)23-7-5-4-6-8-23/h4-10,15,17-19,32,40H,3,11-14,16H2,1-2H3,(H,34,35)(H,36,37). The first-order valence-corrected chi connectivity index (χ1v) is 13.7. The molecule has 0 unspecified atom stereocenters. The molecular formula is C31H33N7O2. The minimum Gasteiger partial charge on any atom is -0.385 e. The number of nitrogens with zero attached hydrogens (tertiary/aromatic N) is 4. The molecule has 0 saturated carbocycles. The molecule has 5 aromatic rings. The molecule has 9 nitrogen and oxygen atoms in total. The predicted octanol–water partition coefficient (Wildman–Crippen LogP) is 4.56. The maximum Gasteiger partial charge on any atom is 0.271 e. The van der Waals surface area contributed by atoms with Crippen LogP contribution in [0.15, 0.2) is 67.1 Å². The fourth-order valence-corrected chi connectivity index (χ4v) is 5.50. The number of aromatic amines is 2. The smallest absolute Gasteiger partial charge is 0.271 e. The van der Waals surface area contributed by atoms with Crippen LogP contribution in [0, 0.1) is 6.92 Å². The van der Waals surface area contributed by atoms with E-state index in [9.17, 15) is 9.90 Å². The Hall–Kier alpha value is -4.34. The summed E-state index contributed by atoms with van der Waals surface area (Å²) in [5.41, 5.74) is 6.39. The third-order valence-electron chi connectivity index (χ3n) is 7.98. The Morgan fingerprint density at radius 1 is 1.10 bits per heavy atom. The normalized spacial score (nSPS) is 15.0. The van der Waals surface area contributed by atoms with Gasteiger partial charge in [0, 0.05) is 43.0 Å². The van der Waals surface area contributed by atoms with Gasteiger partial charge in [0.15, 0.2) is 5.82 Å². The van der Waals surface area contributed by atoms with Crippen molar-refractivity contribution >= 4 is 16.8 Å². The van der Waals surface area contributed by atoms with Crippen molar-refractivity contribution in [3.05, 3.63) is 89.5 Å². The average Bonchev–Trinajstić information content (AvgIpc) is 3.64. The van der Waals surface area contributed by atoms with E-state index in [-0.39, 0.29) is 5.91 Å². The number of imidazole rings is 1. The Morgan fingerprint density at radius 2 is 1.90 bits per heavy atom. The van der Waals surface area contributed by atoms with Crippen LogP contribution in [0.4, 0.5) is 0 Å². The molecule has 1 fully saturated rings. The van der Waals surface area contributed by atoms with Crippen LogP contribution in [0.1, 0.15) is 46.9 Å². The van der Waals surface area contributed by atoms with Gasteiger partial charge >= 0.3 is 0 Å². The van der Waals surface area contributed by atoms with E-state index in [4.69, 9.17) is 0 Å². The summed E-state index contributed by atoms with van der Waals surface area (Å²) < 4.78 is 0. The monoisotopic (exact) mass is 535 g/mol. The quantitative estimate of drug-likeness (QED) is 0.242. The van der Waals surface area contributed by atoms with Gasteiger partial charge in [-0.1, -0.05) is 43.3 Å². The van der Waals surface area contributed by atoms with E-state index in [0.29, 0.717) is 43.1 Å². The second-order valence-corrected chi connectivity index (χ2v) is 10.4. The SMILES string of the molecule is CCNCc1cncc(-c2ccc3[nH]nc(-c4ncc(C(=O)N5CCC(O)(c6ccccc6)CC5)[nH]4)c3c2)c1C. The number of aliphatic hydroxyl groups is 1. The van der Waals surface area contributed by atoms with Crippen molar-refractivity contribution < 1.29 is 9.90 Å². The molecule has 4 heterocycles. The summed E-state index contributed by atoms with van der Waals surface area (Å²) in [7, 11) is 0. The van der Waals surface area contributed by atoms with Gasteiger partial charge in [-0.2, -0.15) is 5.10 Å². The third-order valence-corrected chi connectivity index (χ3v) is 7.98. The number of amides is 1. The molecule has 0 bridgehead atoms. The molecule has 1 aliphatic rings. The summed E-state index contributed by atoms with van der Waals surface area (Å²) in [5.74, 6) is 0.397. The molecule has 2 aromatic carbocycles. The first-order valence-electron chi connectivity index (χ1n) is 13.7.